The van der Waals surface area contributed by atoms with Crippen LogP contribution in [0.1, 0.15) is 22.6 Å². The first-order chi connectivity index (χ1) is 16.0. The Morgan fingerprint density at radius 2 is 2.00 bits per heavy atom. The highest BCUT2D eigenvalue weighted by atomic mass is 32.1. The van der Waals surface area contributed by atoms with Crippen LogP contribution in [0, 0.1) is 17.6 Å². The van der Waals surface area contributed by atoms with Crippen molar-refractivity contribution >= 4 is 34.0 Å². The van der Waals surface area contributed by atoms with Crippen molar-refractivity contribution in [1.29, 1.82) is 0 Å². The van der Waals surface area contributed by atoms with E-state index < -0.39 is 17.6 Å². The van der Waals surface area contributed by atoms with E-state index in [0.29, 0.717) is 5.13 Å². The van der Waals surface area contributed by atoms with Gasteiger partial charge >= 0.3 is 0 Å². The highest BCUT2D eigenvalue weighted by molar-refractivity contribution is 7.15. The first-order valence-electron chi connectivity index (χ1n) is 10.8. The average molecular weight is 469 g/mol. The molecule has 33 heavy (non-hydrogen) atoms. The molecule has 1 N–H and O–H groups in total. The van der Waals surface area contributed by atoms with Gasteiger partial charge in [-0.05, 0) is 17.7 Å². The molecule has 2 aromatic carbocycles. The number of benzene rings is 2. The summed E-state index contributed by atoms with van der Waals surface area (Å²) >= 11 is 1.45. The second-order valence-electron chi connectivity index (χ2n) is 8.33. The van der Waals surface area contributed by atoms with Crippen LogP contribution in [0.5, 0.6) is 0 Å². The predicted molar refractivity (Wildman–Crippen MR) is 122 cm³/mol. The fourth-order valence-corrected chi connectivity index (χ4v) is 5.36. The largest absolute Gasteiger partial charge is 0.309 e. The molecule has 3 aromatic rings. The SMILES string of the molecule is O=C(Nc1nc2c(s1)CN(Cc1ccccc1)CC2)C1CC(=O)N(c2ccc(F)cc2F)C1. The number of halogens is 2. The lowest BCUT2D eigenvalue weighted by atomic mass is 10.1. The molecule has 5 rings (SSSR count). The van der Waals surface area contributed by atoms with Crippen molar-refractivity contribution < 1.29 is 18.4 Å². The van der Waals surface area contributed by atoms with Crippen molar-refractivity contribution in [2.45, 2.75) is 25.9 Å². The molecule has 6 nitrogen and oxygen atoms in total. The van der Waals surface area contributed by atoms with Gasteiger partial charge in [-0.15, -0.1) is 11.3 Å². The van der Waals surface area contributed by atoms with Crippen LogP contribution in [0.4, 0.5) is 19.6 Å². The highest BCUT2D eigenvalue weighted by Crippen LogP contribution is 2.31. The van der Waals surface area contributed by atoms with Crippen molar-refractivity contribution in [3.8, 4) is 0 Å². The van der Waals surface area contributed by atoms with E-state index >= 15 is 0 Å². The van der Waals surface area contributed by atoms with Crippen molar-refractivity contribution in [3.63, 3.8) is 0 Å². The minimum absolute atomic E-state index is 0.0140. The number of rotatable bonds is 5. The monoisotopic (exact) mass is 468 g/mol. The number of anilines is 2. The fourth-order valence-electron chi connectivity index (χ4n) is 4.30. The highest BCUT2D eigenvalue weighted by Gasteiger charge is 2.36. The molecule has 0 bridgehead atoms. The van der Waals surface area contributed by atoms with E-state index in [1.165, 1.54) is 27.9 Å². The third kappa shape index (κ3) is 4.65. The molecule has 170 valence electrons. The Labute approximate surface area is 193 Å². The predicted octanol–water partition coefficient (Wildman–Crippen LogP) is 3.97. The second kappa shape index (κ2) is 8.99. The molecule has 1 atom stereocenters. The molecule has 0 radical (unpaired) electrons. The van der Waals surface area contributed by atoms with Crippen molar-refractivity contribution in [3.05, 3.63) is 76.3 Å². The minimum Gasteiger partial charge on any atom is -0.309 e. The van der Waals surface area contributed by atoms with E-state index in [9.17, 15) is 18.4 Å². The summed E-state index contributed by atoms with van der Waals surface area (Å²) in [6.07, 6.45) is 0.784. The van der Waals surface area contributed by atoms with Crippen LogP contribution in [-0.2, 0) is 29.1 Å². The van der Waals surface area contributed by atoms with Gasteiger partial charge in [0.2, 0.25) is 11.8 Å². The lowest BCUT2D eigenvalue weighted by Crippen LogP contribution is -2.29. The van der Waals surface area contributed by atoms with Crippen LogP contribution in [-0.4, -0.2) is 34.8 Å². The van der Waals surface area contributed by atoms with Gasteiger partial charge < -0.3 is 10.2 Å². The summed E-state index contributed by atoms with van der Waals surface area (Å²) in [5, 5.41) is 3.36. The molecule has 1 aromatic heterocycles. The maximum atomic E-state index is 14.1. The smallest absolute Gasteiger partial charge is 0.231 e. The molecule has 2 aliphatic heterocycles. The molecule has 3 heterocycles. The number of carbonyl (C=O) groups is 2. The maximum absolute atomic E-state index is 14.1. The number of aromatic nitrogens is 1. The van der Waals surface area contributed by atoms with Gasteiger partial charge in [0.15, 0.2) is 5.13 Å². The summed E-state index contributed by atoms with van der Waals surface area (Å²) in [5.74, 6) is -2.85. The zero-order valence-corrected chi connectivity index (χ0v) is 18.6. The van der Waals surface area contributed by atoms with Crippen LogP contribution in [0.2, 0.25) is 0 Å². The lowest BCUT2D eigenvalue weighted by Gasteiger charge is -2.25. The Bertz CT molecular complexity index is 1200. The van der Waals surface area contributed by atoms with Gasteiger partial charge in [-0.2, -0.15) is 0 Å². The van der Waals surface area contributed by atoms with Crippen molar-refractivity contribution in [1.82, 2.24) is 9.88 Å². The number of thiazole rings is 1. The normalized spacial score (nSPS) is 18.4. The summed E-state index contributed by atoms with van der Waals surface area (Å²) < 4.78 is 27.3. The van der Waals surface area contributed by atoms with Crippen LogP contribution < -0.4 is 10.2 Å². The summed E-state index contributed by atoms with van der Waals surface area (Å²) in [5.41, 5.74) is 2.24. The minimum atomic E-state index is -0.822. The third-order valence-corrected chi connectivity index (χ3v) is 6.98. The summed E-state index contributed by atoms with van der Waals surface area (Å²) in [4.78, 5) is 34.5. The Morgan fingerprint density at radius 3 is 2.79 bits per heavy atom. The number of hydrogen-bond donors (Lipinski definition) is 1. The molecular weight excluding hydrogens is 446 g/mol. The number of amides is 2. The van der Waals surface area contributed by atoms with Crippen LogP contribution >= 0.6 is 11.3 Å². The first-order valence-corrected chi connectivity index (χ1v) is 11.6. The number of carbonyl (C=O) groups excluding carboxylic acids is 2. The van der Waals surface area contributed by atoms with Gasteiger partial charge in [0.25, 0.3) is 0 Å². The zero-order valence-electron chi connectivity index (χ0n) is 17.8. The maximum Gasteiger partial charge on any atom is 0.231 e. The average Bonchev–Trinajstić information content (AvgIpc) is 3.37. The Morgan fingerprint density at radius 1 is 1.18 bits per heavy atom. The van der Waals surface area contributed by atoms with Gasteiger partial charge in [-0.25, -0.2) is 13.8 Å². The van der Waals surface area contributed by atoms with E-state index in [0.717, 1.165) is 48.8 Å². The number of nitrogens with one attached hydrogen (secondary N) is 1. The Hall–Kier alpha value is -3.17. The summed E-state index contributed by atoms with van der Waals surface area (Å²) in [7, 11) is 0. The quantitative estimate of drug-likeness (QED) is 0.616. The molecule has 0 saturated carbocycles. The zero-order chi connectivity index (χ0) is 22.9. The topological polar surface area (TPSA) is 65.5 Å². The summed E-state index contributed by atoms with van der Waals surface area (Å²) in [6, 6.07) is 13.3. The van der Waals surface area contributed by atoms with E-state index in [1.807, 2.05) is 18.2 Å². The van der Waals surface area contributed by atoms with E-state index in [4.69, 9.17) is 0 Å². The molecule has 9 heteroatoms. The fraction of sp³-hybridized carbons (Fsp3) is 0.292. The number of nitrogens with zero attached hydrogens (tertiary/aromatic N) is 3. The molecule has 2 aliphatic rings. The van der Waals surface area contributed by atoms with E-state index in [2.05, 4.69) is 27.3 Å². The van der Waals surface area contributed by atoms with Crippen LogP contribution in [0.15, 0.2) is 48.5 Å². The molecule has 0 spiro atoms. The van der Waals surface area contributed by atoms with Crippen LogP contribution in [0.3, 0.4) is 0 Å². The molecule has 1 fully saturated rings. The third-order valence-electron chi connectivity index (χ3n) is 5.99. The molecule has 1 unspecified atom stereocenters. The Kier molecular flexibility index (Phi) is 5.90. The molecular formula is C24H22F2N4O2S. The molecule has 0 aliphatic carbocycles. The standard InChI is InChI=1S/C24H22F2N4O2S/c25-17-6-7-20(18(26)11-17)30-13-16(10-22(30)31)23(32)28-24-27-19-8-9-29(14-21(19)33-24)12-15-4-2-1-3-5-15/h1-7,11,16H,8-10,12-14H2,(H,27,28,32). The van der Waals surface area contributed by atoms with Gasteiger partial charge in [0.05, 0.1) is 17.3 Å². The van der Waals surface area contributed by atoms with Crippen molar-refractivity contribution in [2.24, 2.45) is 5.92 Å². The first kappa shape index (κ1) is 21.7. The summed E-state index contributed by atoms with van der Waals surface area (Å²) in [6.45, 7) is 2.58. The van der Waals surface area contributed by atoms with Gasteiger partial charge in [-0.1, -0.05) is 30.3 Å². The van der Waals surface area contributed by atoms with Gasteiger partial charge in [0, 0.05) is 50.0 Å². The number of hydrogen-bond acceptors (Lipinski definition) is 5. The van der Waals surface area contributed by atoms with Crippen molar-refractivity contribution in [2.75, 3.05) is 23.3 Å². The molecule has 1 saturated heterocycles. The van der Waals surface area contributed by atoms with Crippen LogP contribution in [0.25, 0.3) is 0 Å². The molecule has 2 amide bonds. The lowest BCUT2D eigenvalue weighted by molar-refractivity contribution is -0.122. The van der Waals surface area contributed by atoms with E-state index in [1.54, 1.807) is 0 Å². The number of fused-ring (bicyclic) bond motifs is 1. The van der Waals surface area contributed by atoms with E-state index in [-0.39, 0.29) is 30.5 Å². The Balaban J connectivity index is 1.22. The van der Waals surface area contributed by atoms with Gasteiger partial charge in [0.1, 0.15) is 11.6 Å². The van der Waals surface area contributed by atoms with Gasteiger partial charge in [-0.3, -0.25) is 14.5 Å². The second-order valence-corrected chi connectivity index (χ2v) is 9.41.